The minimum absolute atomic E-state index is 0.0542. The van der Waals surface area contributed by atoms with Gasteiger partial charge in [0.2, 0.25) is 0 Å². The van der Waals surface area contributed by atoms with Crippen molar-refractivity contribution in [1.29, 1.82) is 0 Å². The first-order chi connectivity index (χ1) is 8.09. The standard InChI is InChI=1S/C12H12BrF2NO/c13-7-3-1-6-10(7)16-12(17)11-8(14)4-2-5-9(11)15/h2,4-5,7,10H,1,3,6H2,(H,16,17). The van der Waals surface area contributed by atoms with Gasteiger partial charge in [-0.05, 0) is 25.0 Å². The van der Waals surface area contributed by atoms with E-state index in [0.717, 1.165) is 31.4 Å². The minimum Gasteiger partial charge on any atom is -0.348 e. The summed E-state index contributed by atoms with van der Waals surface area (Å²) in [6, 6.07) is 3.35. The predicted molar refractivity (Wildman–Crippen MR) is 64.2 cm³/mol. The van der Waals surface area contributed by atoms with Gasteiger partial charge < -0.3 is 5.32 Å². The first kappa shape index (κ1) is 12.5. The lowest BCUT2D eigenvalue weighted by molar-refractivity contribution is 0.0930. The van der Waals surface area contributed by atoms with E-state index in [-0.39, 0.29) is 10.9 Å². The number of amides is 1. The van der Waals surface area contributed by atoms with Gasteiger partial charge >= 0.3 is 0 Å². The summed E-state index contributed by atoms with van der Waals surface area (Å²) in [6.45, 7) is 0. The van der Waals surface area contributed by atoms with Gasteiger partial charge in [0.25, 0.3) is 5.91 Å². The lowest BCUT2D eigenvalue weighted by atomic mass is 10.1. The van der Waals surface area contributed by atoms with Gasteiger partial charge in [-0.2, -0.15) is 0 Å². The maximum absolute atomic E-state index is 13.4. The molecule has 1 fully saturated rings. The van der Waals surface area contributed by atoms with Gasteiger partial charge in [-0.1, -0.05) is 28.4 Å². The predicted octanol–water partition coefficient (Wildman–Crippen LogP) is 3.01. The van der Waals surface area contributed by atoms with E-state index in [4.69, 9.17) is 0 Å². The molecule has 2 unspecified atom stereocenters. The second-order valence-electron chi connectivity index (χ2n) is 4.12. The van der Waals surface area contributed by atoms with Gasteiger partial charge in [0.05, 0.1) is 0 Å². The largest absolute Gasteiger partial charge is 0.348 e. The monoisotopic (exact) mass is 303 g/mol. The summed E-state index contributed by atoms with van der Waals surface area (Å²) in [6.07, 6.45) is 2.79. The summed E-state index contributed by atoms with van der Waals surface area (Å²) >= 11 is 3.44. The highest BCUT2D eigenvalue weighted by atomic mass is 79.9. The van der Waals surface area contributed by atoms with Crippen molar-refractivity contribution in [3.63, 3.8) is 0 Å². The summed E-state index contributed by atoms with van der Waals surface area (Å²) in [4.78, 5) is 12.0. The molecule has 2 nitrogen and oxygen atoms in total. The molecule has 1 aromatic rings. The van der Waals surface area contributed by atoms with Crippen molar-refractivity contribution in [2.24, 2.45) is 0 Å². The van der Waals surface area contributed by atoms with Gasteiger partial charge in [0.15, 0.2) is 0 Å². The van der Waals surface area contributed by atoms with E-state index in [2.05, 4.69) is 21.2 Å². The summed E-state index contributed by atoms with van der Waals surface area (Å²) in [5.74, 6) is -2.34. The Morgan fingerprint density at radius 3 is 2.47 bits per heavy atom. The average Bonchev–Trinajstić information content (AvgIpc) is 2.64. The molecule has 0 spiro atoms. The maximum atomic E-state index is 13.4. The van der Waals surface area contributed by atoms with Crippen LogP contribution < -0.4 is 5.32 Å². The molecular formula is C12H12BrF2NO. The number of carbonyl (C=O) groups excluding carboxylic acids is 1. The molecule has 1 aliphatic carbocycles. The van der Waals surface area contributed by atoms with Crippen LogP contribution in [0, 0.1) is 11.6 Å². The van der Waals surface area contributed by atoms with Crippen molar-refractivity contribution in [3.8, 4) is 0 Å². The van der Waals surface area contributed by atoms with E-state index in [0.29, 0.717) is 0 Å². The molecule has 1 saturated carbocycles. The molecule has 0 aromatic heterocycles. The lowest BCUT2D eigenvalue weighted by Crippen LogP contribution is -2.38. The van der Waals surface area contributed by atoms with Gasteiger partial charge in [-0.25, -0.2) is 8.78 Å². The van der Waals surface area contributed by atoms with E-state index in [9.17, 15) is 13.6 Å². The van der Waals surface area contributed by atoms with Crippen LogP contribution in [0.25, 0.3) is 0 Å². The zero-order chi connectivity index (χ0) is 12.4. The third-order valence-corrected chi connectivity index (χ3v) is 4.03. The SMILES string of the molecule is O=C(NC1CCCC1Br)c1c(F)cccc1F. The van der Waals surface area contributed by atoms with Crippen LogP contribution >= 0.6 is 15.9 Å². The first-order valence-corrected chi connectivity index (χ1v) is 6.40. The Balaban J connectivity index is 2.14. The Labute approximate surface area is 107 Å². The van der Waals surface area contributed by atoms with Gasteiger partial charge in [0, 0.05) is 10.9 Å². The van der Waals surface area contributed by atoms with Gasteiger partial charge in [0.1, 0.15) is 17.2 Å². The number of rotatable bonds is 2. The van der Waals surface area contributed by atoms with Crippen molar-refractivity contribution in [3.05, 3.63) is 35.4 Å². The second kappa shape index (κ2) is 5.12. The molecule has 0 saturated heterocycles. The molecule has 1 N–H and O–H groups in total. The van der Waals surface area contributed by atoms with Crippen LogP contribution in [-0.4, -0.2) is 16.8 Å². The second-order valence-corrected chi connectivity index (χ2v) is 5.30. The Bertz CT molecular complexity index is 418. The molecule has 0 heterocycles. The molecule has 92 valence electrons. The van der Waals surface area contributed by atoms with Crippen LogP contribution in [0.5, 0.6) is 0 Å². The van der Waals surface area contributed by atoms with E-state index in [1.54, 1.807) is 0 Å². The molecule has 17 heavy (non-hydrogen) atoms. The Kier molecular flexibility index (Phi) is 3.76. The quantitative estimate of drug-likeness (QED) is 0.836. The number of hydrogen-bond donors (Lipinski definition) is 1. The highest BCUT2D eigenvalue weighted by Crippen LogP contribution is 2.26. The summed E-state index contributed by atoms with van der Waals surface area (Å²) < 4.78 is 26.7. The van der Waals surface area contributed by atoms with Crippen LogP contribution in [0.15, 0.2) is 18.2 Å². The number of halogens is 3. The van der Waals surface area contributed by atoms with Crippen molar-refractivity contribution < 1.29 is 13.6 Å². The highest BCUT2D eigenvalue weighted by molar-refractivity contribution is 9.09. The number of hydrogen-bond acceptors (Lipinski definition) is 1. The molecule has 1 aromatic carbocycles. The molecule has 0 aliphatic heterocycles. The fourth-order valence-electron chi connectivity index (χ4n) is 2.03. The number of benzene rings is 1. The Hall–Kier alpha value is -0.970. The van der Waals surface area contributed by atoms with Crippen LogP contribution in [0.4, 0.5) is 8.78 Å². The third-order valence-electron chi connectivity index (χ3n) is 2.94. The zero-order valence-corrected chi connectivity index (χ0v) is 10.6. The molecule has 0 bridgehead atoms. The molecule has 0 radical (unpaired) electrons. The number of alkyl halides is 1. The molecular weight excluding hydrogens is 292 g/mol. The van der Waals surface area contributed by atoms with Crippen LogP contribution in [-0.2, 0) is 0 Å². The Morgan fingerprint density at radius 1 is 1.29 bits per heavy atom. The minimum atomic E-state index is -0.827. The molecule has 2 rings (SSSR count). The molecule has 2 atom stereocenters. The topological polar surface area (TPSA) is 29.1 Å². The van der Waals surface area contributed by atoms with Crippen LogP contribution in [0.2, 0.25) is 0 Å². The summed E-state index contributed by atoms with van der Waals surface area (Å²) in [5, 5.41) is 2.66. The summed E-state index contributed by atoms with van der Waals surface area (Å²) in [5.41, 5.74) is -0.501. The van der Waals surface area contributed by atoms with Gasteiger partial charge in [-0.15, -0.1) is 0 Å². The fourth-order valence-corrected chi connectivity index (χ4v) is 2.75. The first-order valence-electron chi connectivity index (χ1n) is 5.48. The van der Waals surface area contributed by atoms with E-state index >= 15 is 0 Å². The van der Waals surface area contributed by atoms with Crippen LogP contribution in [0.3, 0.4) is 0 Å². The number of carbonyl (C=O) groups is 1. The normalized spacial score (nSPS) is 23.7. The maximum Gasteiger partial charge on any atom is 0.257 e. The fraction of sp³-hybridized carbons (Fsp3) is 0.417. The van der Waals surface area contributed by atoms with Crippen LogP contribution in [0.1, 0.15) is 29.6 Å². The molecule has 1 amide bonds. The van der Waals surface area contributed by atoms with Gasteiger partial charge in [-0.3, -0.25) is 4.79 Å². The van der Waals surface area contributed by atoms with E-state index < -0.39 is 23.1 Å². The highest BCUT2D eigenvalue weighted by Gasteiger charge is 2.28. The Morgan fingerprint density at radius 2 is 1.94 bits per heavy atom. The average molecular weight is 304 g/mol. The smallest absolute Gasteiger partial charge is 0.257 e. The van der Waals surface area contributed by atoms with Crippen molar-refractivity contribution in [1.82, 2.24) is 5.32 Å². The van der Waals surface area contributed by atoms with E-state index in [1.165, 1.54) is 6.07 Å². The third kappa shape index (κ3) is 2.65. The van der Waals surface area contributed by atoms with Crippen molar-refractivity contribution in [2.45, 2.75) is 30.1 Å². The lowest BCUT2D eigenvalue weighted by Gasteiger charge is -2.16. The molecule has 5 heteroatoms. The molecule has 1 aliphatic rings. The van der Waals surface area contributed by atoms with Crippen molar-refractivity contribution >= 4 is 21.8 Å². The summed E-state index contributed by atoms with van der Waals surface area (Å²) in [7, 11) is 0. The van der Waals surface area contributed by atoms with E-state index in [1.807, 2.05) is 0 Å². The van der Waals surface area contributed by atoms with Crippen molar-refractivity contribution in [2.75, 3.05) is 0 Å². The zero-order valence-electron chi connectivity index (χ0n) is 9.05. The number of nitrogens with one attached hydrogen (secondary N) is 1.